The number of carbonyl (C=O) groups excluding carboxylic acids is 1. The zero-order chi connectivity index (χ0) is 16.2. The number of benzene rings is 1. The first-order valence-corrected chi connectivity index (χ1v) is 8.17. The Kier molecular flexibility index (Phi) is 4.71. The Balaban J connectivity index is 2.04. The van der Waals surface area contributed by atoms with Gasteiger partial charge < -0.3 is 9.84 Å². The highest BCUT2D eigenvalue weighted by Crippen LogP contribution is 2.20. The number of amides is 1. The predicted octanol–water partition coefficient (Wildman–Crippen LogP) is 1.93. The molecular weight excluding hydrogens is 306 g/mol. The Morgan fingerprint density at radius 3 is 2.86 bits per heavy atom. The van der Waals surface area contributed by atoms with Crippen molar-refractivity contribution in [3.63, 3.8) is 0 Å². The van der Waals surface area contributed by atoms with Crippen LogP contribution < -0.4 is 5.32 Å². The quantitative estimate of drug-likeness (QED) is 0.872. The van der Waals surface area contributed by atoms with Crippen LogP contribution in [-0.2, 0) is 14.6 Å². The van der Waals surface area contributed by atoms with Gasteiger partial charge in [-0.3, -0.25) is 4.79 Å². The number of aryl methyl sites for hydroxylation is 1. The molecule has 0 fully saturated rings. The molecule has 7 nitrogen and oxygen atoms in total. The van der Waals surface area contributed by atoms with E-state index in [1.54, 1.807) is 31.2 Å². The molecule has 0 saturated heterocycles. The van der Waals surface area contributed by atoms with Crippen molar-refractivity contribution >= 4 is 21.4 Å². The van der Waals surface area contributed by atoms with Crippen LogP contribution in [0.3, 0.4) is 0 Å². The second kappa shape index (κ2) is 6.52. The third-order valence-corrected chi connectivity index (χ3v) is 4.08. The first-order chi connectivity index (χ1) is 10.4. The summed E-state index contributed by atoms with van der Waals surface area (Å²) in [4.78, 5) is 15.9. The molecule has 1 aromatic carbocycles. The lowest BCUT2D eigenvalue weighted by Crippen LogP contribution is -2.16. The van der Waals surface area contributed by atoms with Gasteiger partial charge in [0, 0.05) is 30.0 Å². The molecule has 0 radical (unpaired) electrons. The molecule has 2 aromatic rings. The van der Waals surface area contributed by atoms with Crippen molar-refractivity contribution in [1.82, 2.24) is 10.1 Å². The van der Waals surface area contributed by atoms with Crippen LogP contribution in [0.15, 0.2) is 40.8 Å². The monoisotopic (exact) mass is 321 g/mol. The summed E-state index contributed by atoms with van der Waals surface area (Å²) in [7, 11) is -3.38. The number of rotatable bonds is 6. The van der Waals surface area contributed by atoms with Crippen LogP contribution in [0.1, 0.15) is 12.3 Å². The molecule has 1 amide bonds. The van der Waals surface area contributed by atoms with E-state index in [4.69, 9.17) is 4.52 Å². The normalized spacial score (nSPS) is 11.1. The lowest BCUT2D eigenvalue weighted by molar-refractivity contribution is -0.115. The number of sulfone groups is 1. The van der Waals surface area contributed by atoms with E-state index in [2.05, 4.69) is 22.0 Å². The van der Waals surface area contributed by atoms with Crippen LogP contribution >= 0.6 is 0 Å². The van der Waals surface area contributed by atoms with Gasteiger partial charge in [0.15, 0.2) is 9.84 Å². The molecule has 0 unspecified atom stereocenters. The van der Waals surface area contributed by atoms with E-state index in [1.165, 1.54) is 0 Å². The van der Waals surface area contributed by atoms with E-state index >= 15 is 0 Å². The zero-order valence-corrected chi connectivity index (χ0v) is 12.8. The van der Waals surface area contributed by atoms with Crippen LogP contribution in [0.2, 0.25) is 0 Å². The Bertz CT molecular complexity index is 796. The highest BCUT2D eigenvalue weighted by Gasteiger charge is 2.11. The van der Waals surface area contributed by atoms with Gasteiger partial charge in [-0.05, 0) is 12.1 Å². The minimum Gasteiger partial charge on any atom is -0.339 e. The van der Waals surface area contributed by atoms with E-state index in [0.717, 1.165) is 5.41 Å². The molecule has 0 saturated carbocycles. The molecule has 0 spiro atoms. The Morgan fingerprint density at radius 1 is 1.45 bits per heavy atom. The first-order valence-electron chi connectivity index (χ1n) is 6.45. The Hall–Kier alpha value is -2.48. The van der Waals surface area contributed by atoms with E-state index in [9.17, 15) is 13.2 Å². The highest BCUT2D eigenvalue weighted by atomic mass is 32.2. The number of hydrogen-bond acceptors (Lipinski definition) is 6. The largest absolute Gasteiger partial charge is 0.339 e. The van der Waals surface area contributed by atoms with Crippen molar-refractivity contribution in [1.29, 1.82) is 0 Å². The number of nitrogens with one attached hydrogen (secondary N) is 1. The average molecular weight is 321 g/mol. The van der Waals surface area contributed by atoms with Crippen LogP contribution in [0, 0.1) is 6.92 Å². The fourth-order valence-electron chi connectivity index (χ4n) is 1.69. The molecule has 1 heterocycles. The van der Waals surface area contributed by atoms with Crippen molar-refractivity contribution in [3.8, 4) is 11.4 Å². The van der Waals surface area contributed by atoms with Crippen molar-refractivity contribution in [2.45, 2.75) is 13.3 Å². The molecule has 8 heteroatoms. The smallest absolute Gasteiger partial charge is 0.225 e. The van der Waals surface area contributed by atoms with Gasteiger partial charge in [-0.1, -0.05) is 23.9 Å². The van der Waals surface area contributed by atoms with Crippen LogP contribution in [0.25, 0.3) is 11.4 Å². The molecule has 0 bridgehead atoms. The molecule has 0 aliphatic heterocycles. The average Bonchev–Trinajstić information content (AvgIpc) is 2.92. The maximum atomic E-state index is 11.8. The summed E-state index contributed by atoms with van der Waals surface area (Å²) in [5.41, 5.74) is 1.22. The molecule has 0 atom stereocenters. The summed E-state index contributed by atoms with van der Waals surface area (Å²) in [5, 5.41) is 7.28. The van der Waals surface area contributed by atoms with Gasteiger partial charge in [0.2, 0.25) is 17.6 Å². The summed E-state index contributed by atoms with van der Waals surface area (Å²) in [6.07, 6.45) is -0.139. The number of anilines is 1. The fourth-order valence-corrected chi connectivity index (χ4v) is 2.33. The summed E-state index contributed by atoms with van der Waals surface area (Å²) < 4.78 is 27.4. The number of nitrogens with zero attached hydrogens (tertiary/aromatic N) is 2. The van der Waals surface area contributed by atoms with Crippen molar-refractivity contribution in [2.24, 2.45) is 0 Å². The Labute approximate surface area is 128 Å². The van der Waals surface area contributed by atoms with Crippen LogP contribution in [0.5, 0.6) is 0 Å². The van der Waals surface area contributed by atoms with E-state index in [-0.39, 0.29) is 12.2 Å². The Morgan fingerprint density at radius 2 is 2.23 bits per heavy atom. The van der Waals surface area contributed by atoms with Gasteiger partial charge in [-0.2, -0.15) is 4.98 Å². The third kappa shape index (κ3) is 4.26. The summed E-state index contributed by atoms with van der Waals surface area (Å²) in [6, 6.07) is 6.89. The molecule has 22 heavy (non-hydrogen) atoms. The zero-order valence-electron chi connectivity index (χ0n) is 11.9. The van der Waals surface area contributed by atoms with E-state index < -0.39 is 15.7 Å². The number of hydrogen-bond donors (Lipinski definition) is 1. The number of aromatic nitrogens is 2. The molecular formula is C14H15N3O4S. The topological polar surface area (TPSA) is 102 Å². The van der Waals surface area contributed by atoms with Crippen molar-refractivity contribution in [2.75, 3.05) is 11.1 Å². The van der Waals surface area contributed by atoms with E-state index in [1.807, 2.05) is 0 Å². The molecule has 0 aliphatic rings. The second-order valence-corrected chi connectivity index (χ2v) is 6.62. The second-order valence-electron chi connectivity index (χ2n) is 4.55. The van der Waals surface area contributed by atoms with Gasteiger partial charge in [0.1, 0.15) is 0 Å². The van der Waals surface area contributed by atoms with Crippen LogP contribution in [0.4, 0.5) is 5.69 Å². The molecule has 0 aliphatic carbocycles. The maximum absolute atomic E-state index is 11.8. The third-order valence-electron chi connectivity index (χ3n) is 2.80. The van der Waals surface area contributed by atoms with Crippen LogP contribution in [-0.4, -0.2) is 30.2 Å². The summed E-state index contributed by atoms with van der Waals surface area (Å²) >= 11 is 0. The highest BCUT2D eigenvalue weighted by molar-refractivity contribution is 7.94. The summed E-state index contributed by atoms with van der Waals surface area (Å²) in [6.45, 7) is 4.88. The maximum Gasteiger partial charge on any atom is 0.225 e. The van der Waals surface area contributed by atoms with Gasteiger partial charge >= 0.3 is 0 Å². The van der Waals surface area contributed by atoms with Crippen molar-refractivity contribution in [3.05, 3.63) is 42.1 Å². The minimum absolute atomic E-state index is 0.139. The molecule has 2 rings (SSSR count). The molecule has 116 valence electrons. The lowest BCUT2D eigenvalue weighted by atomic mass is 10.2. The minimum atomic E-state index is -3.38. The van der Waals surface area contributed by atoms with Gasteiger partial charge in [0.05, 0.1) is 5.75 Å². The van der Waals surface area contributed by atoms with Gasteiger partial charge in [-0.25, -0.2) is 8.42 Å². The summed E-state index contributed by atoms with van der Waals surface area (Å²) in [5.74, 6) is 0.195. The van der Waals surface area contributed by atoms with Gasteiger partial charge in [-0.15, -0.1) is 0 Å². The standard InChI is InChI=1S/C14H15N3O4S/c1-3-22(19,20)8-7-13(18)16-12-6-4-5-11(9-12)14-15-10(2)21-17-14/h3-6,9H,1,7-8H2,2H3,(H,16,18). The lowest BCUT2D eigenvalue weighted by Gasteiger charge is -2.05. The van der Waals surface area contributed by atoms with Gasteiger partial charge in [0.25, 0.3) is 0 Å². The number of carbonyl (C=O) groups is 1. The fraction of sp³-hybridized carbons (Fsp3) is 0.214. The molecule has 1 N–H and O–H groups in total. The van der Waals surface area contributed by atoms with Crippen molar-refractivity contribution < 1.29 is 17.7 Å². The first kappa shape index (κ1) is 15.9. The van der Waals surface area contributed by atoms with E-state index in [0.29, 0.717) is 23.0 Å². The SMILES string of the molecule is C=CS(=O)(=O)CCC(=O)Nc1cccc(-c2noc(C)n2)c1. The molecule has 1 aromatic heterocycles. The predicted molar refractivity (Wildman–Crippen MR) is 81.7 cm³/mol.